The van der Waals surface area contributed by atoms with Gasteiger partial charge in [-0.15, -0.1) is 0 Å². The van der Waals surface area contributed by atoms with Crippen molar-refractivity contribution in [2.24, 2.45) is 0 Å². The third kappa shape index (κ3) is 24.4. The van der Waals surface area contributed by atoms with E-state index >= 15 is 0 Å². The van der Waals surface area contributed by atoms with Gasteiger partial charge in [0.15, 0.2) is 0 Å². The second-order valence-corrected chi connectivity index (χ2v) is 6.32. The fourth-order valence-electron chi connectivity index (χ4n) is 2.06. The minimum absolute atomic E-state index is 0.0483. The Labute approximate surface area is 189 Å². The van der Waals surface area contributed by atoms with Gasteiger partial charge >= 0.3 is 0 Å². The molecular formula is C20H39N3O9. The van der Waals surface area contributed by atoms with Crippen LogP contribution in [0, 0.1) is 0 Å². The Morgan fingerprint density at radius 2 is 0.906 bits per heavy atom. The number of hydrogen-bond donors (Lipinski definition) is 3. The van der Waals surface area contributed by atoms with Gasteiger partial charge in [-0.1, -0.05) is 0 Å². The van der Waals surface area contributed by atoms with E-state index in [0.717, 1.165) is 0 Å². The van der Waals surface area contributed by atoms with Gasteiger partial charge in [-0.25, -0.2) is 0 Å². The molecule has 0 aliphatic heterocycles. The molecule has 0 aliphatic carbocycles. The van der Waals surface area contributed by atoms with Crippen LogP contribution in [0.4, 0.5) is 0 Å². The summed E-state index contributed by atoms with van der Waals surface area (Å²) in [5.74, 6) is -0.572. The summed E-state index contributed by atoms with van der Waals surface area (Å²) < 4.78 is 31.3. The summed E-state index contributed by atoms with van der Waals surface area (Å²) in [6, 6.07) is 0. The minimum Gasteiger partial charge on any atom is -0.379 e. The Kier molecular flexibility index (Phi) is 22.5. The highest BCUT2D eigenvalue weighted by Gasteiger charge is 2.02. The van der Waals surface area contributed by atoms with Gasteiger partial charge in [0.1, 0.15) is 13.2 Å². The number of carbonyl (C=O) groups excluding carboxylic acids is 3. The number of hydrogen-bond acceptors (Lipinski definition) is 9. The molecule has 188 valence electrons. The average molecular weight is 466 g/mol. The Hall–Kier alpha value is -1.83. The Morgan fingerprint density at radius 1 is 0.531 bits per heavy atom. The molecule has 32 heavy (non-hydrogen) atoms. The van der Waals surface area contributed by atoms with Crippen molar-refractivity contribution in [1.82, 2.24) is 16.0 Å². The fraction of sp³-hybridized carbons (Fsp3) is 0.850. The monoisotopic (exact) mass is 465 g/mol. The lowest BCUT2D eigenvalue weighted by molar-refractivity contribution is -0.127. The lowest BCUT2D eigenvalue weighted by Gasteiger charge is -2.09. The first kappa shape index (κ1) is 30.2. The molecule has 0 aromatic rings. The molecule has 0 atom stereocenters. The summed E-state index contributed by atoms with van der Waals surface area (Å²) in [5.41, 5.74) is 0. The summed E-state index contributed by atoms with van der Waals surface area (Å²) in [6.45, 7) is 8.52. The standard InChI is InChI=1S/C20H39N3O9/c1-3-27-10-11-29-8-5-22-19(25)17-32-15-13-30-9-6-23-20(26)16-31-14-12-28-7-4-21-18(2)24/h3-17H2,1-2H3,(H,21,24)(H,22,25)(H,23,26). The normalized spacial score (nSPS) is 10.7. The molecule has 0 bridgehead atoms. The second-order valence-electron chi connectivity index (χ2n) is 6.32. The molecule has 0 saturated heterocycles. The van der Waals surface area contributed by atoms with E-state index in [1.807, 2.05) is 6.92 Å². The van der Waals surface area contributed by atoms with Gasteiger partial charge in [0.2, 0.25) is 17.7 Å². The SMILES string of the molecule is CCOCCOCCNC(=O)COCCOCCNC(=O)COCCOCCNC(C)=O. The van der Waals surface area contributed by atoms with Crippen LogP contribution in [0.25, 0.3) is 0 Å². The highest BCUT2D eigenvalue weighted by atomic mass is 16.5. The number of ether oxygens (including phenoxy) is 6. The van der Waals surface area contributed by atoms with Crippen molar-refractivity contribution in [3.8, 4) is 0 Å². The van der Waals surface area contributed by atoms with E-state index in [0.29, 0.717) is 72.5 Å². The minimum atomic E-state index is -0.248. The van der Waals surface area contributed by atoms with Crippen molar-refractivity contribution >= 4 is 17.7 Å². The van der Waals surface area contributed by atoms with E-state index in [9.17, 15) is 14.4 Å². The molecule has 0 aliphatic rings. The first-order valence-corrected chi connectivity index (χ1v) is 10.8. The van der Waals surface area contributed by atoms with Crippen LogP contribution in [0.15, 0.2) is 0 Å². The van der Waals surface area contributed by atoms with Gasteiger partial charge in [-0.3, -0.25) is 14.4 Å². The highest BCUT2D eigenvalue weighted by Crippen LogP contribution is 1.82. The van der Waals surface area contributed by atoms with Crippen LogP contribution in [0.1, 0.15) is 13.8 Å². The molecule has 3 N–H and O–H groups in total. The Balaban J connectivity index is 3.28. The molecule has 0 aromatic carbocycles. The van der Waals surface area contributed by atoms with Gasteiger partial charge in [0.05, 0.1) is 59.5 Å². The molecule has 12 heteroatoms. The molecule has 0 unspecified atom stereocenters. The van der Waals surface area contributed by atoms with E-state index < -0.39 is 0 Å². The molecule has 3 amide bonds. The molecule has 0 fully saturated rings. The van der Waals surface area contributed by atoms with Gasteiger partial charge in [-0.05, 0) is 6.92 Å². The third-order valence-electron chi connectivity index (χ3n) is 3.54. The summed E-state index contributed by atoms with van der Waals surface area (Å²) in [7, 11) is 0. The molecule has 0 spiro atoms. The number of amides is 3. The fourth-order valence-corrected chi connectivity index (χ4v) is 2.06. The highest BCUT2D eigenvalue weighted by molar-refractivity contribution is 5.77. The number of carbonyl (C=O) groups is 3. The van der Waals surface area contributed by atoms with Crippen LogP contribution >= 0.6 is 0 Å². The maximum Gasteiger partial charge on any atom is 0.246 e. The van der Waals surface area contributed by atoms with Crippen LogP contribution in [-0.2, 0) is 42.8 Å². The molecule has 0 saturated carbocycles. The van der Waals surface area contributed by atoms with Crippen LogP contribution in [0.2, 0.25) is 0 Å². The Bertz CT molecular complexity index is 481. The Morgan fingerprint density at radius 3 is 1.31 bits per heavy atom. The maximum absolute atomic E-state index is 11.6. The number of rotatable bonds is 23. The van der Waals surface area contributed by atoms with E-state index in [2.05, 4.69) is 16.0 Å². The zero-order valence-corrected chi connectivity index (χ0v) is 19.3. The van der Waals surface area contributed by atoms with Gasteiger partial charge in [-0.2, -0.15) is 0 Å². The summed E-state index contributed by atoms with van der Waals surface area (Å²) in [5, 5.41) is 7.95. The van der Waals surface area contributed by atoms with Crippen LogP contribution in [0.5, 0.6) is 0 Å². The molecule has 0 radical (unpaired) electrons. The smallest absolute Gasteiger partial charge is 0.246 e. The lowest BCUT2D eigenvalue weighted by atomic mass is 10.5. The quantitative estimate of drug-likeness (QED) is 0.153. The second kappa shape index (κ2) is 23.8. The van der Waals surface area contributed by atoms with Gasteiger partial charge in [0.25, 0.3) is 0 Å². The first-order valence-electron chi connectivity index (χ1n) is 10.8. The van der Waals surface area contributed by atoms with Crippen LogP contribution in [0.3, 0.4) is 0 Å². The zero-order chi connectivity index (χ0) is 23.7. The lowest BCUT2D eigenvalue weighted by Crippen LogP contribution is -2.32. The van der Waals surface area contributed by atoms with E-state index in [1.54, 1.807) is 0 Å². The number of nitrogens with one attached hydrogen (secondary N) is 3. The molecule has 0 heterocycles. The van der Waals surface area contributed by atoms with Crippen molar-refractivity contribution in [2.45, 2.75) is 13.8 Å². The van der Waals surface area contributed by atoms with Crippen molar-refractivity contribution in [2.75, 3.05) is 98.9 Å². The third-order valence-corrected chi connectivity index (χ3v) is 3.54. The zero-order valence-electron chi connectivity index (χ0n) is 19.3. The van der Waals surface area contributed by atoms with Crippen molar-refractivity contribution in [1.29, 1.82) is 0 Å². The largest absolute Gasteiger partial charge is 0.379 e. The predicted molar refractivity (Wildman–Crippen MR) is 115 cm³/mol. The molecule has 12 nitrogen and oxygen atoms in total. The van der Waals surface area contributed by atoms with Gasteiger partial charge < -0.3 is 44.4 Å². The molecular weight excluding hydrogens is 426 g/mol. The first-order chi connectivity index (χ1) is 15.6. The molecule has 0 aromatic heterocycles. The van der Waals surface area contributed by atoms with E-state index in [1.165, 1.54) is 6.92 Å². The van der Waals surface area contributed by atoms with Crippen LogP contribution < -0.4 is 16.0 Å². The predicted octanol–water partition coefficient (Wildman–Crippen LogP) is -1.53. The summed E-state index contributed by atoms with van der Waals surface area (Å²) in [6.07, 6.45) is 0. The average Bonchev–Trinajstić information content (AvgIpc) is 2.76. The van der Waals surface area contributed by atoms with Gasteiger partial charge in [0, 0.05) is 33.2 Å². The molecule has 0 rings (SSSR count). The van der Waals surface area contributed by atoms with E-state index in [4.69, 9.17) is 28.4 Å². The van der Waals surface area contributed by atoms with Crippen LogP contribution in [-0.4, -0.2) is 117 Å². The maximum atomic E-state index is 11.6. The topological polar surface area (TPSA) is 143 Å². The van der Waals surface area contributed by atoms with Crippen molar-refractivity contribution in [3.05, 3.63) is 0 Å². The van der Waals surface area contributed by atoms with Crippen molar-refractivity contribution in [3.63, 3.8) is 0 Å². The van der Waals surface area contributed by atoms with Crippen molar-refractivity contribution < 1.29 is 42.8 Å². The summed E-state index contributed by atoms with van der Waals surface area (Å²) >= 11 is 0. The van der Waals surface area contributed by atoms with E-state index in [-0.39, 0.29) is 44.1 Å². The summed E-state index contributed by atoms with van der Waals surface area (Å²) in [4.78, 5) is 33.8.